The largest absolute Gasteiger partial charge is 0.395 e. The summed E-state index contributed by atoms with van der Waals surface area (Å²) in [5, 5.41) is 11.1. The normalized spacial score (nSPS) is 9.93. The molecule has 0 spiro atoms. The Bertz CT molecular complexity index is 339. The van der Waals surface area contributed by atoms with Gasteiger partial charge < -0.3 is 10.4 Å². The van der Waals surface area contributed by atoms with Gasteiger partial charge in [0.1, 0.15) is 0 Å². The molecular formula is C10H12BrNO2. The van der Waals surface area contributed by atoms with Crippen LogP contribution in [0.4, 0.5) is 0 Å². The monoisotopic (exact) mass is 257 g/mol. The molecule has 2 N–H and O–H groups in total. The Kier molecular flexibility index (Phi) is 4.10. The molecule has 76 valence electrons. The molecule has 0 atom stereocenters. The van der Waals surface area contributed by atoms with Crippen molar-refractivity contribution in [1.29, 1.82) is 0 Å². The summed E-state index contributed by atoms with van der Waals surface area (Å²) in [5.74, 6) is -0.167. The van der Waals surface area contributed by atoms with Crippen LogP contribution in [0.3, 0.4) is 0 Å². The van der Waals surface area contributed by atoms with E-state index in [0.717, 1.165) is 10.0 Å². The third-order valence-corrected chi connectivity index (χ3v) is 2.69. The van der Waals surface area contributed by atoms with Gasteiger partial charge >= 0.3 is 0 Å². The average molecular weight is 258 g/mol. The zero-order valence-corrected chi connectivity index (χ0v) is 9.47. The molecule has 0 saturated heterocycles. The molecule has 0 aliphatic heterocycles. The van der Waals surface area contributed by atoms with Crippen molar-refractivity contribution < 1.29 is 9.90 Å². The van der Waals surface area contributed by atoms with Crippen molar-refractivity contribution in [3.05, 3.63) is 33.8 Å². The van der Waals surface area contributed by atoms with Crippen LogP contribution in [0.1, 0.15) is 15.9 Å². The van der Waals surface area contributed by atoms with E-state index in [9.17, 15) is 4.79 Å². The molecule has 0 unspecified atom stereocenters. The molecule has 0 aliphatic carbocycles. The summed E-state index contributed by atoms with van der Waals surface area (Å²) in [5.41, 5.74) is 1.68. The highest BCUT2D eigenvalue weighted by Gasteiger charge is 2.05. The fourth-order valence-corrected chi connectivity index (χ4v) is 1.38. The van der Waals surface area contributed by atoms with Gasteiger partial charge in [0.15, 0.2) is 0 Å². The number of aryl methyl sites for hydroxylation is 1. The van der Waals surface area contributed by atoms with Crippen LogP contribution < -0.4 is 5.32 Å². The van der Waals surface area contributed by atoms with Gasteiger partial charge in [-0.1, -0.05) is 22.0 Å². The first kappa shape index (κ1) is 11.2. The number of hydrogen-bond acceptors (Lipinski definition) is 2. The molecule has 1 amide bonds. The van der Waals surface area contributed by atoms with Crippen molar-refractivity contribution in [2.45, 2.75) is 6.92 Å². The minimum Gasteiger partial charge on any atom is -0.395 e. The van der Waals surface area contributed by atoms with Gasteiger partial charge in [0.25, 0.3) is 5.91 Å². The number of aliphatic hydroxyl groups is 1. The summed E-state index contributed by atoms with van der Waals surface area (Å²) in [6.07, 6.45) is 0. The summed E-state index contributed by atoms with van der Waals surface area (Å²) < 4.78 is 0.911. The topological polar surface area (TPSA) is 49.3 Å². The average Bonchev–Trinajstić information content (AvgIpc) is 2.18. The molecule has 0 fully saturated rings. The predicted octanol–water partition coefficient (Wildman–Crippen LogP) is 1.48. The molecule has 3 nitrogen and oxygen atoms in total. The number of benzene rings is 1. The van der Waals surface area contributed by atoms with E-state index >= 15 is 0 Å². The van der Waals surface area contributed by atoms with E-state index in [1.165, 1.54) is 0 Å². The lowest BCUT2D eigenvalue weighted by Crippen LogP contribution is -2.26. The molecule has 14 heavy (non-hydrogen) atoms. The van der Waals surface area contributed by atoms with Crippen LogP contribution in [0.2, 0.25) is 0 Å². The third-order valence-electron chi connectivity index (χ3n) is 1.83. The van der Waals surface area contributed by atoms with Crippen molar-refractivity contribution >= 4 is 21.8 Å². The van der Waals surface area contributed by atoms with Crippen LogP contribution in [0.15, 0.2) is 22.7 Å². The molecule has 0 saturated carbocycles. The second-order valence-corrected chi connectivity index (χ2v) is 3.80. The Morgan fingerprint density at radius 2 is 2.29 bits per heavy atom. The Balaban J connectivity index is 2.76. The van der Waals surface area contributed by atoms with E-state index < -0.39 is 0 Å². The van der Waals surface area contributed by atoms with E-state index in [2.05, 4.69) is 21.2 Å². The molecule has 0 bridgehead atoms. The molecule has 1 aromatic carbocycles. The van der Waals surface area contributed by atoms with Crippen LogP contribution in [0.25, 0.3) is 0 Å². The first-order valence-electron chi connectivity index (χ1n) is 4.30. The molecule has 1 rings (SSSR count). The fraction of sp³-hybridized carbons (Fsp3) is 0.300. The highest BCUT2D eigenvalue weighted by atomic mass is 79.9. The highest BCUT2D eigenvalue weighted by molar-refractivity contribution is 9.10. The fourth-order valence-electron chi connectivity index (χ4n) is 1.01. The van der Waals surface area contributed by atoms with E-state index in [4.69, 9.17) is 5.11 Å². The Hall–Kier alpha value is -0.870. The summed E-state index contributed by atoms with van der Waals surface area (Å²) in [4.78, 5) is 11.4. The second kappa shape index (κ2) is 5.12. The highest BCUT2D eigenvalue weighted by Crippen LogP contribution is 2.17. The van der Waals surface area contributed by atoms with Gasteiger partial charge in [-0.25, -0.2) is 0 Å². The second-order valence-electron chi connectivity index (χ2n) is 2.94. The maximum absolute atomic E-state index is 11.4. The van der Waals surface area contributed by atoms with E-state index in [-0.39, 0.29) is 19.1 Å². The lowest BCUT2D eigenvalue weighted by molar-refractivity contribution is 0.0944. The van der Waals surface area contributed by atoms with Crippen molar-refractivity contribution in [3.8, 4) is 0 Å². The van der Waals surface area contributed by atoms with Crippen LogP contribution >= 0.6 is 15.9 Å². The van der Waals surface area contributed by atoms with Crippen LogP contribution in [-0.4, -0.2) is 24.2 Å². The van der Waals surface area contributed by atoms with Gasteiger partial charge in [0.05, 0.1) is 6.61 Å². The van der Waals surface area contributed by atoms with E-state index in [1.54, 1.807) is 12.1 Å². The maximum Gasteiger partial charge on any atom is 0.251 e. The molecule has 0 heterocycles. The standard InChI is InChI=1S/C10H12BrNO2/c1-7-2-3-8(6-9(7)11)10(14)12-4-5-13/h2-3,6,13H,4-5H2,1H3,(H,12,14). The van der Waals surface area contributed by atoms with Gasteiger partial charge in [0.2, 0.25) is 0 Å². The number of amides is 1. The number of halogens is 1. The number of hydrogen-bond donors (Lipinski definition) is 2. The number of aliphatic hydroxyl groups excluding tert-OH is 1. The summed E-state index contributed by atoms with van der Waals surface area (Å²) >= 11 is 3.35. The van der Waals surface area contributed by atoms with Gasteiger partial charge in [-0.3, -0.25) is 4.79 Å². The number of carbonyl (C=O) groups excluding carboxylic acids is 1. The summed E-state index contributed by atoms with van der Waals surface area (Å²) in [6, 6.07) is 5.40. The van der Waals surface area contributed by atoms with Crippen molar-refractivity contribution in [1.82, 2.24) is 5.32 Å². The van der Waals surface area contributed by atoms with Gasteiger partial charge in [-0.2, -0.15) is 0 Å². The third kappa shape index (κ3) is 2.82. The van der Waals surface area contributed by atoms with Gasteiger partial charge in [-0.15, -0.1) is 0 Å². The van der Waals surface area contributed by atoms with E-state index in [0.29, 0.717) is 5.56 Å². The van der Waals surface area contributed by atoms with E-state index in [1.807, 2.05) is 13.0 Å². The minimum absolute atomic E-state index is 0.0429. The molecule has 1 aromatic rings. The minimum atomic E-state index is -0.167. The van der Waals surface area contributed by atoms with Crippen LogP contribution in [0, 0.1) is 6.92 Å². The Labute approximate surface area is 91.3 Å². The lowest BCUT2D eigenvalue weighted by Gasteiger charge is -2.04. The van der Waals surface area contributed by atoms with Crippen molar-refractivity contribution in [2.24, 2.45) is 0 Å². The smallest absolute Gasteiger partial charge is 0.251 e. The van der Waals surface area contributed by atoms with Gasteiger partial charge in [0, 0.05) is 16.6 Å². The van der Waals surface area contributed by atoms with Crippen molar-refractivity contribution in [3.63, 3.8) is 0 Å². The number of carbonyl (C=O) groups is 1. The zero-order valence-electron chi connectivity index (χ0n) is 7.88. The number of rotatable bonds is 3. The Morgan fingerprint density at radius 3 is 2.86 bits per heavy atom. The van der Waals surface area contributed by atoms with Crippen LogP contribution in [-0.2, 0) is 0 Å². The summed E-state index contributed by atoms with van der Waals surface area (Å²) in [6.45, 7) is 2.20. The molecular weight excluding hydrogens is 246 g/mol. The first-order chi connectivity index (χ1) is 6.65. The van der Waals surface area contributed by atoms with Gasteiger partial charge in [-0.05, 0) is 24.6 Å². The zero-order chi connectivity index (χ0) is 10.6. The predicted molar refractivity (Wildman–Crippen MR) is 58.3 cm³/mol. The Morgan fingerprint density at radius 1 is 1.57 bits per heavy atom. The summed E-state index contributed by atoms with van der Waals surface area (Å²) in [7, 11) is 0. The van der Waals surface area contributed by atoms with Crippen molar-refractivity contribution in [2.75, 3.05) is 13.2 Å². The van der Waals surface area contributed by atoms with Crippen LogP contribution in [0.5, 0.6) is 0 Å². The lowest BCUT2D eigenvalue weighted by atomic mass is 10.1. The molecule has 4 heteroatoms. The SMILES string of the molecule is Cc1ccc(C(=O)NCCO)cc1Br. The molecule has 0 aromatic heterocycles. The molecule has 0 radical (unpaired) electrons. The number of nitrogens with one attached hydrogen (secondary N) is 1. The first-order valence-corrected chi connectivity index (χ1v) is 5.09. The quantitative estimate of drug-likeness (QED) is 0.862. The maximum atomic E-state index is 11.4. The molecule has 0 aliphatic rings.